The number of hydrogen-bond acceptors (Lipinski definition) is 3. The van der Waals surface area contributed by atoms with Gasteiger partial charge in [0.25, 0.3) is 5.91 Å². The Bertz CT molecular complexity index is 1290. The van der Waals surface area contributed by atoms with Crippen LogP contribution in [0.5, 0.6) is 0 Å². The van der Waals surface area contributed by atoms with Gasteiger partial charge in [-0.05, 0) is 80.0 Å². The lowest BCUT2D eigenvalue weighted by atomic mass is 10.0. The molecule has 0 saturated heterocycles. The molecule has 0 aliphatic heterocycles. The number of H-pyrrole nitrogens is 1. The van der Waals surface area contributed by atoms with Crippen molar-refractivity contribution in [3.63, 3.8) is 0 Å². The van der Waals surface area contributed by atoms with Crippen LogP contribution in [0.15, 0.2) is 53.4 Å². The van der Waals surface area contributed by atoms with E-state index in [0.29, 0.717) is 36.9 Å². The predicted octanol–water partition coefficient (Wildman–Crippen LogP) is 5.67. The van der Waals surface area contributed by atoms with Crippen molar-refractivity contribution in [3.8, 4) is 11.3 Å². The van der Waals surface area contributed by atoms with Crippen LogP contribution in [-0.2, 0) is 6.42 Å². The zero-order chi connectivity index (χ0) is 22.2. The fourth-order valence-corrected chi connectivity index (χ4v) is 4.14. The third-order valence-electron chi connectivity index (χ3n) is 6.38. The molecule has 1 N–H and O–H groups in total. The number of benzene rings is 2. The number of nitrogens with one attached hydrogen (secondary N) is 1. The molecule has 6 heteroatoms. The van der Waals surface area contributed by atoms with E-state index in [2.05, 4.69) is 16.9 Å². The number of carbonyl (C=O) groups is 1. The number of rotatable bonds is 7. The Morgan fingerprint density at radius 3 is 2.81 bits per heavy atom. The second kappa shape index (κ2) is 8.26. The van der Waals surface area contributed by atoms with E-state index >= 15 is 0 Å². The maximum atomic E-state index is 13.7. The summed E-state index contributed by atoms with van der Waals surface area (Å²) in [6.07, 6.45) is 6.17. The minimum Gasteiger partial charge on any atom is -0.443 e. The second-order valence-corrected chi connectivity index (χ2v) is 8.78. The molecule has 5 rings (SSSR count). The number of hydrogen-bond donors (Lipinski definition) is 1. The number of aromatic amines is 1. The molecule has 2 aromatic heterocycles. The molecule has 4 aromatic rings. The van der Waals surface area contributed by atoms with Crippen LogP contribution in [0.1, 0.15) is 40.0 Å². The van der Waals surface area contributed by atoms with Crippen molar-refractivity contribution in [2.75, 3.05) is 13.1 Å². The Hall–Kier alpha value is -3.41. The summed E-state index contributed by atoms with van der Waals surface area (Å²) >= 11 is 0. The first kappa shape index (κ1) is 20.5. The highest BCUT2D eigenvalue weighted by Crippen LogP contribution is 2.32. The first-order valence-electron chi connectivity index (χ1n) is 11.1. The molecule has 32 heavy (non-hydrogen) atoms. The van der Waals surface area contributed by atoms with Gasteiger partial charge in [0.15, 0.2) is 17.8 Å². The lowest BCUT2D eigenvalue weighted by molar-refractivity contribution is 0.0744. The van der Waals surface area contributed by atoms with Gasteiger partial charge in [0.2, 0.25) is 0 Å². The van der Waals surface area contributed by atoms with E-state index in [9.17, 15) is 9.18 Å². The molecule has 164 valence electrons. The highest BCUT2D eigenvalue weighted by atomic mass is 19.1. The summed E-state index contributed by atoms with van der Waals surface area (Å²) in [5, 5.41) is 0.862. The van der Waals surface area contributed by atoms with Crippen molar-refractivity contribution in [3.05, 3.63) is 77.2 Å². The molecule has 1 amide bonds. The number of oxazole rings is 1. The Kier molecular flexibility index (Phi) is 5.29. The highest BCUT2D eigenvalue weighted by molar-refractivity contribution is 5.97. The third kappa shape index (κ3) is 4.05. The predicted molar refractivity (Wildman–Crippen MR) is 122 cm³/mol. The van der Waals surface area contributed by atoms with Gasteiger partial charge in [0, 0.05) is 35.8 Å². The smallest absolute Gasteiger partial charge is 0.276 e. The molecule has 1 fully saturated rings. The van der Waals surface area contributed by atoms with E-state index < -0.39 is 0 Å². The number of aromatic nitrogens is 2. The molecule has 0 spiro atoms. The summed E-state index contributed by atoms with van der Waals surface area (Å²) in [5.74, 6) is 0.666. The van der Waals surface area contributed by atoms with Crippen molar-refractivity contribution < 1.29 is 13.6 Å². The van der Waals surface area contributed by atoms with Crippen LogP contribution in [0.2, 0.25) is 0 Å². The van der Waals surface area contributed by atoms with Gasteiger partial charge in [0.1, 0.15) is 5.82 Å². The van der Waals surface area contributed by atoms with E-state index in [1.54, 1.807) is 12.1 Å². The first-order valence-corrected chi connectivity index (χ1v) is 11.1. The number of nitrogens with zero attached hydrogens (tertiary/aromatic N) is 2. The van der Waals surface area contributed by atoms with Gasteiger partial charge in [-0.1, -0.05) is 12.1 Å². The van der Waals surface area contributed by atoms with Crippen LogP contribution in [-0.4, -0.2) is 33.9 Å². The van der Waals surface area contributed by atoms with Crippen molar-refractivity contribution in [1.82, 2.24) is 14.9 Å². The van der Waals surface area contributed by atoms with Crippen LogP contribution in [0.25, 0.3) is 22.2 Å². The normalized spacial score (nSPS) is 13.6. The molecule has 1 aliphatic rings. The summed E-state index contributed by atoms with van der Waals surface area (Å²) in [5.41, 5.74) is 5.43. The van der Waals surface area contributed by atoms with E-state index in [4.69, 9.17) is 4.42 Å². The van der Waals surface area contributed by atoms with Crippen molar-refractivity contribution in [2.24, 2.45) is 5.92 Å². The van der Waals surface area contributed by atoms with Crippen LogP contribution < -0.4 is 0 Å². The maximum Gasteiger partial charge on any atom is 0.276 e. The minimum atomic E-state index is -0.259. The first-order chi connectivity index (χ1) is 15.5. The van der Waals surface area contributed by atoms with Gasteiger partial charge in [-0.3, -0.25) is 4.79 Å². The number of carbonyl (C=O) groups excluding carboxylic acids is 1. The Morgan fingerprint density at radius 2 is 2.03 bits per heavy atom. The topological polar surface area (TPSA) is 62.1 Å². The third-order valence-corrected chi connectivity index (χ3v) is 6.38. The standard InChI is InChI=1S/C26H26FN3O2/c1-16-3-6-19(11-17(16)2)25-24(29-15-32-25)26(31)30(14-18-4-5-18)10-9-20-13-28-23-8-7-21(27)12-22(20)23/h3,6-8,11-13,15,18,28H,4-5,9-10,14H2,1-2H3. The zero-order valence-corrected chi connectivity index (χ0v) is 18.3. The summed E-state index contributed by atoms with van der Waals surface area (Å²) in [6, 6.07) is 10.8. The number of aryl methyl sites for hydroxylation is 2. The number of halogens is 1. The molecular weight excluding hydrogens is 405 g/mol. The minimum absolute atomic E-state index is 0.120. The number of fused-ring (bicyclic) bond motifs is 1. The van der Waals surface area contributed by atoms with Crippen LogP contribution in [0.3, 0.4) is 0 Å². The van der Waals surface area contributed by atoms with Gasteiger partial charge in [-0.25, -0.2) is 9.37 Å². The lowest BCUT2D eigenvalue weighted by Crippen LogP contribution is -2.35. The van der Waals surface area contributed by atoms with Gasteiger partial charge < -0.3 is 14.3 Å². The summed E-state index contributed by atoms with van der Waals surface area (Å²) in [7, 11) is 0. The fourth-order valence-electron chi connectivity index (χ4n) is 4.14. The van der Waals surface area contributed by atoms with Crippen molar-refractivity contribution in [1.29, 1.82) is 0 Å². The quantitative estimate of drug-likeness (QED) is 0.410. The van der Waals surface area contributed by atoms with Gasteiger partial charge in [0.05, 0.1) is 0 Å². The van der Waals surface area contributed by atoms with Crippen molar-refractivity contribution in [2.45, 2.75) is 33.1 Å². The SMILES string of the molecule is Cc1ccc(-c2ocnc2C(=O)N(CCc2c[nH]c3ccc(F)cc23)CC2CC2)cc1C. The van der Waals surface area contributed by atoms with Crippen LogP contribution >= 0.6 is 0 Å². The average Bonchev–Trinajstić information content (AvgIpc) is 3.31. The van der Waals surface area contributed by atoms with E-state index in [-0.39, 0.29) is 11.7 Å². The molecule has 0 unspecified atom stereocenters. The zero-order valence-electron chi connectivity index (χ0n) is 18.3. The molecule has 5 nitrogen and oxygen atoms in total. The molecule has 2 heterocycles. The molecular formula is C26H26FN3O2. The van der Waals surface area contributed by atoms with E-state index in [1.807, 2.05) is 36.2 Å². The van der Waals surface area contributed by atoms with E-state index in [0.717, 1.165) is 40.4 Å². The summed E-state index contributed by atoms with van der Waals surface area (Å²) in [4.78, 5) is 22.9. The molecule has 1 saturated carbocycles. The average molecular weight is 432 g/mol. The molecule has 1 aliphatic carbocycles. The summed E-state index contributed by atoms with van der Waals surface area (Å²) < 4.78 is 19.4. The number of amides is 1. The van der Waals surface area contributed by atoms with Gasteiger partial charge in [-0.15, -0.1) is 0 Å². The maximum absolute atomic E-state index is 13.7. The second-order valence-electron chi connectivity index (χ2n) is 8.78. The lowest BCUT2D eigenvalue weighted by Gasteiger charge is -2.22. The molecule has 0 bridgehead atoms. The van der Waals surface area contributed by atoms with Gasteiger partial charge >= 0.3 is 0 Å². The van der Waals surface area contributed by atoms with Crippen molar-refractivity contribution >= 4 is 16.8 Å². The van der Waals surface area contributed by atoms with E-state index in [1.165, 1.54) is 18.0 Å². The summed E-state index contributed by atoms with van der Waals surface area (Å²) in [6.45, 7) is 5.34. The Morgan fingerprint density at radius 1 is 1.19 bits per heavy atom. The highest BCUT2D eigenvalue weighted by Gasteiger charge is 2.30. The van der Waals surface area contributed by atoms with Crippen LogP contribution in [0, 0.1) is 25.6 Å². The van der Waals surface area contributed by atoms with Gasteiger partial charge in [-0.2, -0.15) is 0 Å². The molecule has 0 radical (unpaired) electrons. The molecule has 2 aromatic carbocycles. The van der Waals surface area contributed by atoms with Crippen LogP contribution in [0.4, 0.5) is 4.39 Å². The fraction of sp³-hybridized carbons (Fsp3) is 0.308. The molecule has 0 atom stereocenters. The Balaban J connectivity index is 1.40. The monoisotopic (exact) mass is 431 g/mol. The largest absolute Gasteiger partial charge is 0.443 e. The Labute approximate surface area is 186 Å².